The molecule has 0 aromatic rings. The monoisotopic (exact) mass is 430 g/mol. The Balaban J connectivity index is 1.61. The number of carbonyl (C=O) groups excluding carboxylic acids is 2. The molecule has 0 spiro atoms. The molecule has 4 aliphatic carbocycles. The van der Waals surface area contributed by atoms with Crippen molar-refractivity contribution in [3.63, 3.8) is 0 Å². The number of ketones is 1. The molecule has 4 saturated carbocycles. The number of methoxy groups -OCH3 is 1. The van der Waals surface area contributed by atoms with Gasteiger partial charge in [0.1, 0.15) is 0 Å². The van der Waals surface area contributed by atoms with Gasteiger partial charge in [-0.05, 0) is 104 Å². The summed E-state index contributed by atoms with van der Waals surface area (Å²) in [6, 6.07) is 0. The number of hydrogen-bond donors (Lipinski definition) is 1. The van der Waals surface area contributed by atoms with E-state index in [0.29, 0.717) is 35.9 Å². The van der Waals surface area contributed by atoms with E-state index in [2.05, 4.69) is 26.8 Å². The van der Waals surface area contributed by atoms with Crippen LogP contribution < -0.4 is 0 Å². The van der Waals surface area contributed by atoms with Gasteiger partial charge in [-0.15, -0.1) is 0 Å². The lowest BCUT2D eigenvalue weighted by Gasteiger charge is -2.61. The van der Waals surface area contributed by atoms with Crippen molar-refractivity contribution in [2.45, 2.75) is 91.6 Å². The molecule has 4 fully saturated rings. The third-order valence-corrected chi connectivity index (χ3v) is 10.5. The van der Waals surface area contributed by atoms with E-state index in [9.17, 15) is 14.7 Å². The molecule has 31 heavy (non-hydrogen) atoms. The number of allylic oxidation sites excluding steroid dienone is 2. The number of ether oxygens (including phenoxy) is 1. The lowest BCUT2D eigenvalue weighted by molar-refractivity contribution is -0.150. The lowest BCUT2D eigenvalue weighted by atomic mass is 9.43. The first-order chi connectivity index (χ1) is 14.7. The zero-order chi connectivity index (χ0) is 22.6. The van der Waals surface area contributed by atoms with Crippen molar-refractivity contribution < 1.29 is 19.4 Å². The molecule has 0 unspecified atom stereocenters. The highest BCUT2D eigenvalue weighted by molar-refractivity contribution is 5.99. The van der Waals surface area contributed by atoms with Crippen molar-refractivity contribution in [3.8, 4) is 0 Å². The van der Waals surface area contributed by atoms with Gasteiger partial charge in [-0.3, -0.25) is 9.59 Å². The summed E-state index contributed by atoms with van der Waals surface area (Å²) in [7, 11) is 1.47. The highest BCUT2D eigenvalue weighted by Gasteiger charge is 2.64. The van der Waals surface area contributed by atoms with Crippen LogP contribution in [0, 0.1) is 46.3 Å². The predicted molar refractivity (Wildman–Crippen MR) is 121 cm³/mol. The maximum Gasteiger partial charge on any atom is 0.305 e. The highest BCUT2D eigenvalue weighted by atomic mass is 16.5. The largest absolute Gasteiger partial charge is 0.469 e. The first-order valence-electron chi connectivity index (χ1n) is 12.6. The van der Waals surface area contributed by atoms with Crippen molar-refractivity contribution >= 4 is 11.8 Å². The van der Waals surface area contributed by atoms with Crippen molar-refractivity contribution in [2.75, 3.05) is 7.11 Å². The molecule has 4 aliphatic rings. The zero-order valence-electron chi connectivity index (χ0n) is 20.2. The summed E-state index contributed by atoms with van der Waals surface area (Å²) in [6.07, 6.45) is 10.4. The number of hydrogen-bond acceptors (Lipinski definition) is 4. The van der Waals surface area contributed by atoms with E-state index >= 15 is 0 Å². The maximum atomic E-state index is 13.9. The Morgan fingerprint density at radius 3 is 2.52 bits per heavy atom. The third-order valence-electron chi connectivity index (χ3n) is 10.5. The van der Waals surface area contributed by atoms with Crippen LogP contribution in [0.2, 0.25) is 0 Å². The van der Waals surface area contributed by atoms with Gasteiger partial charge >= 0.3 is 5.97 Å². The average molecular weight is 431 g/mol. The van der Waals surface area contributed by atoms with Crippen LogP contribution in [-0.2, 0) is 14.3 Å². The van der Waals surface area contributed by atoms with Crippen LogP contribution in [0.15, 0.2) is 11.6 Å². The molecular weight excluding hydrogens is 388 g/mol. The predicted octanol–water partition coefficient (Wildman–Crippen LogP) is 5.33. The number of rotatable bonds is 4. The minimum absolute atomic E-state index is 0.117. The van der Waals surface area contributed by atoms with E-state index < -0.39 is 0 Å². The van der Waals surface area contributed by atoms with Crippen LogP contribution in [-0.4, -0.2) is 30.1 Å². The summed E-state index contributed by atoms with van der Waals surface area (Å²) < 4.78 is 4.87. The van der Waals surface area contributed by atoms with E-state index in [0.717, 1.165) is 44.1 Å². The van der Waals surface area contributed by atoms with Gasteiger partial charge < -0.3 is 9.84 Å². The van der Waals surface area contributed by atoms with Gasteiger partial charge in [0.05, 0.1) is 13.2 Å². The number of aliphatic hydroxyl groups is 1. The summed E-state index contributed by atoms with van der Waals surface area (Å²) in [5, 5.41) is 10.4. The van der Waals surface area contributed by atoms with Crippen molar-refractivity contribution in [3.05, 3.63) is 11.6 Å². The van der Waals surface area contributed by atoms with Crippen LogP contribution in [0.1, 0.15) is 85.5 Å². The number of esters is 1. The third kappa shape index (κ3) is 3.52. The molecule has 0 amide bonds. The van der Waals surface area contributed by atoms with Gasteiger partial charge in [-0.25, -0.2) is 0 Å². The second-order valence-electron chi connectivity index (χ2n) is 11.7. The van der Waals surface area contributed by atoms with Crippen LogP contribution in [0.3, 0.4) is 0 Å². The molecule has 1 N–H and O–H groups in total. The fourth-order valence-electron chi connectivity index (χ4n) is 8.81. The standard InChI is InChI=1S/C27H42O4/c1-6-18-22-15-17(28)11-13-27(22,4)21-12-14-26(3)19(16(2)7-10-23(29)31-5)8-9-20(26)24(21)25(18)30/h6,16-17,19-22,24,28H,7-15H2,1-5H3/b18-6+/t16-,17+,19+,20-,21-,22-,24-,26+,27+/m0/s1. The minimum Gasteiger partial charge on any atom is -0.469 e. The van der Waals surface area contributed by atoms with Crippen LogP contribution in [0.25, 0.3) is 0 Å². The summed E-state index contributed by atoms with van der Waals surface area (Å²) in [5.74, 6) is 2.57. The smallest absolute Gasteiger partial charge is 0.305 e. The molecule has 9 atom stereocenters. The number of aliphatic hydroxyl groups excluding tert-OH is 1. The quantitative estimate of drug-likeness (QED) is 0.484. The van der Waals surface area contributed by atoms with Crippen LogP contribution in [0.4, 0.5) is 0 Å². The van der Waals surface area contributed by atoms with Crippen LogP contribution in [0.5, 0.6) is 0 Å². The van der Waals surface area contributed by atoms with Crippen molar-refractivity contribution in [1.82, 2.24) is 0 Å². The molecule has 174 valence electrons. The molecule has 0 aromatic heterocycles. The summed E-state index contributed by atoms with van der Waals surface area (Å²) in [6.45, 7) is 9.18. The van der Waals surface area contributed by atoms with Gasteiger partial charge in [0.15, 0.2) is 5.78 Å². The van der Waals surface area contributed by atoms with E-state index in [1.807, 2.05) is 6.92 Å². The van der Waals surface area contributed by atoms with Crippen molar-refractivity contribution in [1.29, 1.82) is 0 Å². The van der Waals surface area contributed by atoms with E-state index in [-0.39, 0.29) is 34.7 Å². The fourth-order valence-corrected chi connectivity index (χ4v) is 8.81. The Hall–Kier alpha value is -1.16. The van der Waals surface area contributed by atoms with E-state index in [1.165, 1.54) is 20.0 Å². The minimum atomic E-state index is -0.266. The topological polar surface area (TPSA) is 63.6 Å². The number of Topliss-reactive ketones (excluding diaryl/α,β-unsaturated/α-hetero) is 1. The van der Waals surface area contributed by atoms with Crippen molar-refractivity contribution in [2.24, 2.45) is 46.3 Å². The molecule has 0 radical (unpaired) electrons. The zero-order valence-corrected chi connectivity index (χ0v) is 20.2. The Morgan fingerprint density at radius 1 is 1.16 bits per heavy atom. The molecule has 0 saturated heterocycles. The first-order valence-corrected chi connectivity index (χ1v) is 12.6. The molecule has 4 heteroatoms. The summed E-state index contributed by atoms with van der Waals surface area (Å²) >= 11 is 0. The van der Waals surface area contributed by atoms with Gasteiger partial charge in [0.25, 0.3) is 0 Å². The van der Waals surface area contributed by atoms with Crippen LogP contribution >= 0.6 is 0 Å². The highest BCUT2D eigenvalue weighted by Crippen LogP contribution is 2.68. The molecule has 0 aromatic carbocycles. The fraction of sp³-hybridized carbons (Fsp3) is 0.852. The second-order valence-corrected chi connectivity index (χ2v) is 11.7. The summed E-state index contributed by atoms with van der Waals surface area (Å²) in [5.41, 5.74) is 1.33. The second kappa shape index (κ2) is 8.32. The summed E-state index contributed by atoms with van der Waals surface area (Å²) in [4.78, 5) is 25.6. The molecule has 4 rings (SSSR count). The number of carbonyl (C=O) groups is 2. The molecule has 0 bridgehead atoms. The normalized spacial score (nSPS) is 46.8. The maximum absolute atomic E-state index is 13.9. The molecule has 4 nitrogen and oxygen atoms in total. The Labute approximate surface area is 188 Å². The SMILES string of the molecule is C/C=C1/C(=O)[C@@H]2[C@H](CC[C@]3(C)[C@@H]([C@@H](C)CCC(=O)OC)CC[C@@H]23)[C@@]2(C)CC[C@@H](O)C[C@@H]12. The van der Waals surface area contributed by atoms with E-state index in [4.69, 9.17) is 4.74 Å². The molecule has 0 aliphatic heterocycles. The van der Waals surface area contributed by atoms with Gasteiger partial charge in [-0.2, -0.15) is 0 Å². The molecule has 0 heterocycles. The average Bonchev–Trinajstić information content (AvgIpc) is 3.10. The van der Waals surface area contributed by atoms with E-state index in [1.54, 1.807) is 0 Å². The number of fused-ring (bicyclic) bond motifs is 5. The van der Waals surface area contributed by atoms with Gasteiger partial charge in [0, 0.05) is 12.3 Å². The van der Waals surface area contributed by atoms with Gasteiger partial charge in [-0.1, -0.05) is 26.8 Å². The molecular formula is C27H42O4. The van der Waals surface area contributed by atoms with Gasteiger partial charge in [0.2, 0.25) is 0 Å². The Bertz CT molecular complexity index is 756. The lowest BCUT2D eigenvalue weighted by Crippen LogP contribution is -2.58. The Morgan fingerprint density at radius 2 is 1.84 bits per heavy atom. The Kier molecular flexibility index (Phi) is 6.17. The first kappa shape index (κ1) is 23.0.